The van der Waals surface area contributed by atoms with Crippen LogP contribution in [-0.4, -0.2) is 45.8 Å². The Hall–Kier alpha value is -4.17. The number of H-pyrrole nitrogens is 1. The van der Waals surface area contributed by atoms with Crippen molar-refractivity contribution in [2.75, 3.05) is 18.4 Å². The second-order valence-corrected chi connectivity index (χ2v) is 8.45. The fourth-order valence-electron chi connectivity index (χ4n) is 3.96. The smallest absolute Gasteiger partial charge is 0.265 e. The normalized spacial score (nSPS) is 18.1. The third kappa shape index (κ3) is 5.55. The number of alkyl halides is 2. The number of anilines is 1. The molecule has 0 bridgehead atoms. The van der Waals surface area contributed by atoms with Crippen molar-refractivity contribution in [2.45, 2.75) is 31.2 Å². The monoisotopic (exact) mass is 497 g/mol. The Kier molecular flexibility index (Phi) is 7.07. The molecule has 0 radical (unpaired) electrons. The summed E-state index contributed by atoms with van der Waals surface area (Å²) in [5.74, 6) is -4.14. The number of likely N-dealkylation sites (tertiary alicyclic amines) is 1. The van der Waals surface area contributed by atoms with Crippen molar-refractivity contribution >= 4 is 11.7 Å². The molecule has 1 amide bonds. The summed E-state index contributed by atoms with van der Waals surface area (Å²) in [6.45, 7) is 1.45. The summed E-state index contributed by atoms with van der Waals surface area (Å²) in [6.07, 6.45) is 2.10. The average Bonchev–Trinajstić information content (AvgIpc) is 2.86. The first-order valence-electron chi connectivity index (χ1n) is 11.1. The number of hydrogen-bond donors (Lipinski definition) is 2. The van der Waals surface area contributed by atoms with Gasteiger partial charge in [-0.15, -0.1) is 0 Å². The molecule has 3 heterocycles. The number of aromatic amines is 1. The molecule has 36 heavy (non-hydrogen) atoms. The van der Waals surface area contributed by atoms with Gasteiger partial charge in [-0.25, -0.2) is 18.2 Å². The van der Waals surface area contributed by atoms with Crippen LogP contribution < -0.4 is 15.6 Å². The van der Waals surface area contributed by atoms with Crippen molar-refractivity contribution in [1.29, 1.82) is 5.26 Å². The van der Waals surface area contributed by atoms with Crippen LogP contribution in [0, 0.1) is 17.1 Å². The van der Waals surface area contributed by atoms with Crippen LogP contribution >= 0.6 is 0 Å². The van der Waals surface area contributed by atoms with E-state index in [1.807, 2.05) is 0 Å². The number of aromatic nitrogens is 2. The molecule has 0 saturated carbocycles. The van der Waals surface area contributed by atoms with Gasteiger partial charge in [-0.2, -0.15) is 5.26 Å². The molecule has 2 atom stereocenters. The summed E-state index contributed by atoms with van der Waals surface area (Å²) in [4.78, 5) is 32.6. The highest BCUT2D eigenvalue weighted by Crippen LogP contribution is 2.40. The number of carbonyl (C=O) groups excluding carboxylic acids is 1. The molecule has 4 rings (SSSR count). The van der Waals surface area contributed by atoms with Crippen molar-refractivity contribution in [1.82, 2.24) is 14.9 Å². The Morgan fingerprint density at radius 1 is 1.28 bits per heavy atom. The number of nitrogens with zero attached hydrogens (tertiary/aromatic N) is 3. The Labute approximate surface area is 204 Å². The number of nitrogens with one attached hydrogen (secondary N) is 2. The molecule has 0 spiro atoms. The number of halogens is 3. The highest BCUT2D eigenvalue weighted by Gasteiger charge is 2.46. The van der Waals surface area contributed by atoms with Gasteiger partial charge in [-0.3, -0.25) is 14.5 Å². The summed E-state index contributed by atoms with van der Waals surface area (Å²) >= 11 is 0. The third-order valence-corrected chi connectivity index (χ3v) is 6.07. The first-order valence-corrected chi connectivity index (χ1v) is 11.1. The molecule has 1 aliphatic rings. The number of pyridine rings is 2. The van der Waals surface area contributed by atoms with Gasteiger partial charge in [0.2, 0.25) is 5.91 Å². The second kappa shape index (κ2) is 10.2. The quantitative estimate of drug-likeness (QED) is 0.532. The first-order chi connectivity index (χ1) is 17.2. The molecule has 1 saturated heterocycles. The standard InChI is InChI=1S/C25H22F3N5O3/c1-15(23(34)32-22-7-6-20(13-30-22)36-19-4-2-18(26)3-5-19)33-9-8-25(27,28)21(14-33)17-10-16(11-29)24(35)31-12-17/h2-7,10,12-13,15,21H,8-9,14H2,1H3,(H,31,35)(H,30,32,34)/t15?,21-/m1/s1. The number of hydrogen-bond acceptors (Lipinski definition) is 6. The van der Waals surface area contributed by atoms with Gasteiger partial charge in [0.25, 0.3) is 11.5 Å². The first kappa shape index (κ1) is 24.9. The molecule has 11 heteroatoms. The number of piperidine rings is 1. The van der Waals surface area contributed by atoms with Crippen molar-refractivity contribution in [3.8, 4) is 17.6 Å². The van der Waals surface area contributed by atoms with E-state index in [0.717, 1.165) is 0 Å². The van der Waals surface area contributed by atoms with E-state index in [9.17, 15) is 22.8 Å². The number of rotatable bonds is 6. The zero-order valence-corrected chi connectivity index (χ0v) is 19.2. The van der Waals surface area contributed by atoms with E-state index in [0.29, 0.717) is 11.5 Å². The lowest BCUT2D eigenvalue weighted by Gasteiger charge is -2.40. The molecule has 8 nitrogen and oxygen atoms in total. The maximum Gasteiger partial charge on any atom is 0.265 e. The minimum absolute atomic E-state index is 0.00950. The van der Waals surface area contributed by atoms with Crippen molar-refractivity contribution < 1.29 is 22.7 Å². The van der Waals surface area contributed by atoms with Gasteiger partial charge in [0.1, 0.15) is 34.8 Å². The predicted octanol–water partition coefficient (Wildman–Crippen LogP) is 4.02. The Morgan fingerprint density at radius 3 is 2.67 bits per heavy atom. The van der Waals surface area contributed by atoms with Crippen molar-refractivity contribution in [2.24, 2.45) is 0 Å². The molecule has 2 N–H and O–H groups in total. The van der Waals surface area contributed by atoms with E-state index in [1.165, 1.54) is 48.8 Å². The van der Waals surface area contributed by atoms with E-state index in [-0.39, 0.29) is 35.9 Å². The lowest BCUT2D eigenvalue weighted by molar-refractivity contribution is -0.125. The summed E-state index contributed by atoms with van der Waals surface area (Å²) in [6, 6.07) is 10.7. The fraction of sp³-hybridized carbons (Fsp3) is 0.280. The highest BCUT2D eigenvalue weighted by atomic mass is 19.3. The summed E-state index contributed by atoms with van der Waals surface area (Å²) < 4.78 is 48.1. The SMILES string of the molecule is CC(C(=O)Nc1ccc(Oc2ccc(F)cc2)cn1)N1CCC(F)(F)[C@@H](c2c[nH]c(=O)c(C#N)c2)C1. The van der Waals surface area contributed by atoms with Crippen LogP contribution in [0.15, 0.2) is 59.7 Å². The van der Waals surface area contributed by atoms with E-state index in [2.05, 4.69) is 15.3 Å². The Morgan fingerprint density at radius 2 is 2.00 bits per heavy atom. The molecule has 1 aliphatic heterocycles. The minimum atomic E-state index is -3.07. The molecular formula is C25H22F3N5O3. The van der Waals surface area contributed by atoms with E-state index in [1.54, 1.807) is 24.0 Å². The van der Waals surface area contributed by atoms with Gasteiger partial charge in [-0.05, 0) is 55.0 Å². The van der Waals surface area contributed by atoms with Crippen LogP contribution in [0.3, 0.4) is 0 Å². The molecule has 186 valence electrons. The predicted molar refractivity (Wildman–Crippen MR) is 124 cm³/mol. The fourth-order valence-corrected chi connectivity index (χ4v) is 3.96. The van der Waals surface area contributed by atoms with E-state index >= 15 is 0 Å². The van der Waals surface area contributed by atoms with Crippen LogP contribution in [0.25, 0.3) is 0 Å². The second-order valence-electron chi connectivity index (χ2n) is 8.45. The molecule has 2 aromatic heterocycles. The lowest BCUT2D eigenvalue weighted by Crippen LogP contribution is -2.52. The maximum absolute atomic E-state index is 14.7. The summed E-state index contributed by atoms with van der Waals surface area (Å²) in [5, 5.41) is 11.7. The summed E-state index contributed by atoms with van der Waals surface area (Å²) in [7, 11) is 0. The Balaban J connectivity index is 1.41. The summed E-state index contributed by atoms with van der Waals surface area (Å²) in [5.41, 5.74) is -0.762. The number of amides is 1. The number of carbonyl (C=O) groups is 1. The topological polar surface area (TPSA) is 111 Å². The van der Waals surface area contributed by atoms with Gasteiger partial charge in [0.15, 0.2) is 0 Å². The van der Waals surface area contributed by atoms with Crippen LogP contribution in [-0.2, 0) is 4.79 Å². The number of ether oxygens (including phenoxy) is 1. The van der Waals surface area contributed by atoms with Gasteiger partial charge >= 0.3 is 0 Å². The van der Waals surface area contributed by atoms with Gasteiger partial charge in [0, 0.05) is 25.7 Å². The van der Waals surface area contributed by atoms with Crippen molar-refractivity contribution in [3.05, 3.63) is 82.2 Å². The lowest BCUT2D eigenvalue weighted by atomic mass is 9.86. The number of benzene rings is 1. The third-order valence-electron chi connectivity index (χ3n) is 6.07. The maximum atomic E-state index is 14.7. The highest BCUT2D eigenvalue weighted by molar-refractivity contribution is 5.93. The van der Waals surface area contributed by atoms with Crippen LogP contribution in [0.1, 0.15) is 30.4 Å². The van der Waals surface area contributed by atoms with E-state index in [4.69, 9.17) is 10.00 Å². The van der Waals surface area contributed by atoms with Crippen LogP contribution in [0.2, 0.25) is 0 Å². The number of nitriles is 1. The van der Waals surface area contributed by atoms with Crippen molar-refractivity contribution in [3.63, 3.8) is 0 Å². The molecular weight excluding hydrogens is 475 g/mol. The largest absolute Gasteiger partial charge is 0.456 e. The minimum Gasteiger partial charge on any atom is -0.456 e. The molecule has 3 aromatic rings. The Bertz CT molecular complexity index is 1340. The zero-order chi connectivity index (χ0) is 25.9. The average molecular weight is 497 g/mol. The van der Waals surface area contributed by atoms with Crippen LogP contribution in [0.4, 0.5) is 19.0 Å². The molecule has 1 fully saturated rings. The van der Waals surface area contributed by atoms with Crippen LogP contribution in [0.5, 0.6) is 11.5 Å². The van der Waals surface area contributed by atoms with Gasteiger partial charge < -0.3 is 15.0 Å². The van der Waals surface area contributed by atoms with Gasteiger partial charge in [-0.1, -0.05) is 0 Å². The zero-order valence-electron chi connectivity index (χ0n) is 19.2. The molecule has 0 aliphatic carbocycles. The molecule has 1 unspecified atom stereocenters. The van der Waals surface area contributed by atoms with E-state index < -0.39 is 35.8 Å². The van der Waals surface area contributed by atoms with Gasteiger partial charge in [0.05, 0.1) is 18.2 Å². The molecule has 1 aromatic carbocycles.